The van der Waals surface area contributed by atoms with Crippen LogP contribution in [0.4, 0.5) is 0 Å². The van der Waals surface area contributed by atoms with E-state index in [0.717, 1.165) is 0 Å². The topological polar surface area (TPSA) is 86.1 Å². The van der Waals surface area contributed by atoms with Gasteiger partial charge < -0.3 is 5.32 Å². The van der Waals surface area contributed by atoms with E-state index in [9.17, 15) is 8.42 Å². The molecule has 1 aromatic heterocycles. The summed E-state index contributed by atoms with van der Waals surface area (Å²) in [5.41, 5.74) is 0.0867. The Kier molecular flexibility index (Phi) is 5.26. The van der Waals surface area contributed by atoms with Gasteiger partial charge in [0.1, 0.15) is 6.07 Å². The smallest absolute Gasteiger partial charge is 0.261 e. The van der Waals surface area contributed by atoms with E-state index in [1.54, 1.807) is 6.07 Å². The second-order valence-corrected chi connectivity index (χ2v) is 6.04. The van der Waals surface area contributed by atoms with Gasteiger partial charge in [-0.25, -0.2) is 13.4 Å². The molecule has 104 valence electrons. The van der Waals surface area contributed by atoms with Gasteiger partial charge in [-0.1, -0.05) is 0 Å². The summed E-state index contributed by atoms with van der Waals surface area (Å²) in [6, 6.07) is 4.99. The number of nitrogens with one attached hydrogen (secondary N) is 1. The van der Waals surface area contributed by atoms with E-state index < -0.39 is 10.0 Å². The molecule has 0 amide bonds. The van der Waals surface area contributed by atoms with Crippen molar-refractivity contribution >= 4 is 22.4 Å². The van der Waals surface area contributed by atoms with Gasteiger partial charge in [-0.15, -0.1) is 12.4 Å². The molecule has 1 fully saturated rings. The normalized spacial score (nSPS) is 20.3. The summed E-state index contributed by atoms with van der Waals surface area (Å²) in [6.07, 6.45) is 1.39. The summed E-state index contributed by atoms with van der Waals surface area (Å²) in [5, 5.41) is 12.0. The predicted octanol–water partition coefficient (Wildman–Crippen LogP) is 0.357. The van der Waals surface area contributed by atoms with Crippen molar-refractivity contribution in [3.05, 3.63) is 23.9 Å². The SMILES string of the molecule is CC1CN(S(=O)(=O)c2ncccc2C#N)CCN1.Cl. The van der Waals surface area contributed by atoms with Crippen LogP contribution in [0.1, 0.15) is 12.5 Å². The molecular formula is C11H15ClN4O2S. The Morgan fingerprint density at radius 2 is 2.32 bits per heavy atom. The first kappa shape index (κ1) is 15.9. The number of pyridine rings is 1. The molecule has 0 bridgehead atoms. The van der Waals surface area contributed by atoms with Crippen molar-refractivity contribution in [2.24, 2.45) is 0 Å². The van der Waals surface area contributed by atoms with Crippen LogP contribution in [0.15, 0.2) is 23.4 Å². The third kappa shape index (κ3) is 3.22. The van der Waals surface area contributed by atoms with E-state index in [0.29, 0.717) is 19.6 Å². The Morgan fingerprint density at radius 3 is 2.95 bits per heavy atom. The molecule has 2 rings (SSSR count). The van der Waals surface area contributed by atoms with Gasteiger partial charge in [-0.3, -0.25) is 0 Å². The van der Waals surface area contributed by atoms with Crippen molar-refractivity contribution < 1.29 is 8.42 Å². The summed E-state index contributed by atoms with van der Waals surface area (Å²) in [7, 11) is -3.68. The van der Waals surface area contributed by atoms with Gasteiger partial charge in [0.2, 0.25) is 0 Å². The van der Waals surface area contributed by atoms with Crippen LogP contribution in [-0.2, 0) is 10.0 Å². The number of rotatable bonds is 2. The minimum atomic E-state index is -3.68. The molecular weight excluding hydrogens is 288 g/mol. The van der Waals surface area contributed by atoms with Gasteiger partial charge in [-0.05, 0) is 19.1 Å². The molecule has 8 heteroatoms. The van der Waals surface area contributed by atoms with Crippen LogP contribution < -0.4 is 5.32 Å². The average molecular weight is 303 g/mol. The third-order valence-corrected chi connectivity index (χ3v) is 4.63. The number of halogens is 1. The fourth-order valence-corrected chi connectivity index (χ4v) is 3.50. The number of aromatic nitrogens is 1. The minimum absolute atomic E-state index is 0. The Bertz CT molecular complexity index is 585. The Hall–Kier alpha value is -1.20. The number of sulfonamides is 1. The van der Waals surface area contributed by atoms with Crippen molar-refractivity contribution in [3.8, 4) is 6.07 Å². The number of nitriles is 1. The molecule has 1 aliphatic rings. The molecule has 0 spiro atoms. The summed E-state index contributed by atoms with van der Waals surface area (Å²) >= 11 is 0. The summed E-state index contributed by atoms with van der Waals surface area (Å²) < 4.78 is 26.2. The Labute approximate surface area is 118 Å². The molecule has 1 atom stereocenters. The third-order valence-electron chi connectivity index (χ3n) is 2.81. The zero-order valence-electron chi connectivity index (χ0n) is 10.4. The maximum atomic E-state index is 12.4. The van der Waals surface area contributed by atoms with E-state index in [1.807, 2.05) is 13.0 Å². The molecule has 2 heterocycles. The first-order chi connectivity index (χ1) is 8.55. The number of nitrogens with zero attached hydrogens (tertiary/aromatic N) is 3. The van der Waals surface area contributed by atoms with Crippen molar-refractivity contribution in [3.63, 3.8) is 0 Å². The highest BCUT2D eigenvalue weighted by molar-refractivity contribution is 7.89. The van der Waals surface area contributed by atoms with Crippen molar-refractivity contribution in [2.45, 2.75) is 18.0 Å². The number of hydrogen-bond acceptors (Lipinski definition) is 5. The van der Waals surface area contributed by atoms with Crippen molar-refractivity contribution in [1.29, 1.82) is 5.26 Å². The lowest BCUT2D eigenvalue weighted by molar-refractivity contribution is 0.309. The highest BCUT2D eigenvalue weighted by atomic mass is 35.5. The second kappa shape index (κ2) is 6.30. The zero-order chi connectivity index (χ0) is 13.2. The molecule has 0 aromatic carbocycles. The fraction of sp³-hybridized carbons (Fsp3) is 0.455. The van der Waals surface area contributed by atoms with Crippen LogP contribution in [0.5, 0.6) is 0 Å². The van der Waals surface area contributed by atoms with Crippen LogP contribution in [0.2, 0.25) is 0 Å². The molecule has 0 radical (unpaired) electrons. The van der Waals surface area contributed by atoms with Gasteiger partial charge in [0.15, 0.2) is 5.03 Å². The highest BCUT2D eigenvalue weighted by Gasteiger charge is 2.31. The zero-order valence-corrected chi connectivity index (χ0v) is 12.0. The molecule has 0 aliphatic carbocycles. The van der Waals surface area contributed by atoms with Crippen LogP contribution in [0.25, 0.3) is 0 Å². The Morgan fingerprint density at radius 1 is 1.58 bits per heavy atom. The number of hydrogen-bond donors (Lipinski definition) is 1. The summed E-state index contributed by atoms with van der Waals surface area (Å²) in [4.78, 5) is 3.85. The van der Waals surface area contributed by atoms with Crippen LogP contribution in [-0.4, -0.2) is 43.4 Å². The molecule has 1 saturated heterocycles. The van der Waals surface area contributed by atoms with Crippen molar-refractivity contribution in [1.82, 2.24) is 14.6 Å². The van der Waals surface area contributed by atoms with Crippen LogP contribution in [0.3, 0.4) is 0 Å². The van der Waals surface area contributed by atoms with E-state index in [4.69, 9.17) is 5.26 Å². The summed E-state index contributed by atoms with van der Waals surface area (Å²) in [6.45, 7) is 3.32. The fourth-order valence-electron chi connectivity index (χ4n) is 1.92. The monoisotopic (exact) mass is 302 g/mol. The lowest BCUT2D eigenvalue weighted by Gasteiger charge is -2.30. The molecule has 1 aliphatic heterocycles. The van der Waals surface area contributed by atoms with Gasteiger partial charge in [0.25, 0.3) is 10.0 Å². The van der Waals surface area contributed by atoms with Crippen LogP contribution >= 0.6 is 12.4 Å². The quantitative estimate of drug-likeness (QED) is 0.852. The molecule has 0 saturated carbocycles. The van der Waals surface area contributed by atoms with E-state index >= 15 is 0 Å². The first-order valence-corrected chi connectivity index (χ1v) is 7.08. The highest BCUT2D eigenvalue weighted by Crippen LogP contribution is 2.18. The van der Waals surface area contributed by atoms with Crippen LogP contribution in [0, 0.1) is 11.3 Å². The molecule has 6 nitrogen and oxygen atoms in total. The largest absolute Gasteiger partial charge is 0.312 e. The molecule has 1 N–H and O–H groups in total. The molecule has 19 heavy (non-hydrogen) atoms. The van der Waals surface area contributed by atoms with E-state index in [1.165, 1.54) is 16.6 Å². The van der Waals surface area contributed by atoms with E-state index in [2.05, 4.69) is 10.3 Å². The standard InChI is InChI=1S/C11H14N4O2S.ClH/c1-9-8-15(6-5-13-9)18(16,17)11-10(7-12)3-2-4-14-11;/h2-4,9,13H,5-6,8H2,1H3;1H. The summed E-state index contributed by atoms with van der Waals surface area (Å²) in [5.74, 6) is 0. The van der Waals surface area contributed by atoms with Gasteiger partial charge in [0.05, 0.1) is 5.56 Å². The first-order valence-electron chi connectivity index (χ1n) is 5.64. The lowest BCUT2D eigenvalue weighted by atomic mass is 10.3. The molecule has 1 aromatic rings. The van der Waals surface area contributed by atoms with Gasteiger partial charge in [-0.2, -0.15) is 9.57 Å². The molecule has 1 unspecified atom stereocenters. The Balaban J connectivity index is 0.00000180. The second-order valence-electron chi connectivity index (χ2n) is 4.19. The van der Waals surface area contributed by atoms with E-state index in [-0.39, 0.29) is 29.0 Å². The van der Waals surface area contributed by atoms with Gasteiger partial charge >= 0.3 is 0 Å². The predicted molar refractivity (Wildman–Crippen MR) is 72.4 cm³/mol. The minimum Gasteiger partial charge on any atom is -0.312 e. The maximum Gasteiger partial charge on any atom is 0.261 e. The van der Waals surface area contributed by atoms with Crippen molar-refractivity contribution in [2.75, 3.05) is 19.6 Å². The van der Waals surface area contributed by atoms with Gasteiger partial charge in [0, 0.05) is 31.9 Å². The lowest BCUT2D eigenvalue weighted by Crippen LogP contribution is -2.51. The maximum absolute atomic E-state index is 12.4. The number of piperazine rings is 1. The average Bonchev–Trinajstić information content (AvgIpc) is 2.38.